The molecular weight excluding hydrogens is 251 g/mol. The topological polar surface area (TPSA) is 75.4 Å². The van der Waals surface area contributed by atoms with E-state index < -0.39 is 11.7 Å². The van der Waals surface area contributed by atoms with Gasteiger partial charge in [0.05, 0.1) is 11.3 Å². The van der Waals surface area contributed by atoms with E-state index in [0.29, 0.717) is 11.5 Å². The number of phenolic OH excluding ortho intramolecular Hbond substituents is 1. The van der Waals surface area contributed by atoms with Gasteiger partial charge in [-0.2, -0.15) is 0 Å². The Morgan fingerprint density at radius 3 is 2.79 bits per heavy atom. The minimum absolute atomic E-state index is 0.121. The second-order valence-corrected chi connectivity index (χ2v) is 4.15. The van der Waals surface area contributed by atoms with Crippen LogP contribution >= 0.6 is 0 Å². The van der Waals surface area contributed by atoms with Gasteiger partial charge < -0.3 is 14.9 Å². The number of carbonyl (C=O) groups excluding carboxylic acids is 1. The molecule has 0 fully saturated rings. The van der Waals surface area contributed by atoms with Crippen molar-refractivity contribution in [3.8, 4) is 5.75 Å². The van der Waals surface area contributed by atoms with E-state index in [-0.39, 0.29) is 17.9 Å². The monoisotopic (exact) mass is 264 g/mol. The number of hydrogen-bond donors (Lipinski definition) is 2. The first kappa shape index (κ1) is 13.1. The number of nitrogens with zero attached hydrogens (tertiary/aromatic N) is 1. The lowest BCUT2D eigenvalue weighted by atomic mass is 10.1. The summed E-state index contributed by atoms with van der Waals surface area (Å²) in [6.07, 6.45) is 0. The lowest BCUT2D eigenvalue weighted by Crippen LogP contribution is -2.24. The van der Waals surface area contributed by atoms with Crippen LogP contribution in [-0.4, -0.2) is 16.2 Å². The maximum Gasteiger partial charge on any atom is 0.254 e. The quantitative estimate of drug-likeness (QED) is 0.889. The first-order chi connectivity index (χ1) is 8.99. The number of hydrogen-bond acceptors (Lipinski definition) is 4. The van der Waals surface area contributed by atoms with E-state index in [9.17, 15) is 9.18 Å². The van der Waals surface area contributed by atoms with Crippen molar-refractivity contribution >= 4 is 5.91 Å². The fraction of sp³-hybridized carbons (Fsp3) is 0.231. The molecule has 5 nitrogen and oxygen atoms in total. The Morgan fingerprint density at radius 1 is 1.47 bits per heavy atom. The Hall–Kier alpha value is -2.37. The van der Waals surface area contributed by atoms with E-state index in [1.807, 2.05) is 0 Å². The molecule has 6 heteroatoms. The lowest BCUT2D eigenvalue weighted by molar-refractivity contribution is 0.0946. The molecule has 0 spiro atoms. The van der Waals surface area contributed by atoms with Gasteiger partial charge in [-0.05, 0) is 26.0 Å². The first-order valence-electron chi connectivity index (χ1n) is 5.67. The molecule has 2 aromatic rings. The van der Waals surface area contributed by atoms with E-state index >= 15 is 0 Å². The van der Waals surface area contributed by atoms with Crippen LogP contribution in [0.2, 0.25) is 0 Å². The van der Waals surface area contributed by atoms with Crippen molar-refractivity contribution in [2.24, 2.45) is 0 Å². The zero-order valence-electron chi connectivity index (χ0n) is 10.5. The van der Waals surface area contributed by atoms with Crippen molar-refractivity contribution in [2.75, 3.05) is 0 Å². The number of carbonyl (C=O) groups is 1. The molecule has 0 aliphatic carbocycles. The summed E-state index contributed by atoms with van der Waals surface area (Å²) >= 11 is 0. The molecule has 0 saturated carbocycles. The van der Waals surface area contributed by atoms with Crippen molar-refractivity contribution in [1.29, 1.82) is 0 Å². The van der Waals surface area contributed by atoms with Crippen molar-refractivity contribution in [1.82, 2.24) is 10.5 Å². The van der Waals surface area contributed by atoms with Gasteiger partial charge in [-0.1, -0.05) is 5.16 Å². The predicted molar refractivity (Wildman–Crippen MR) is 65.2 cm³/mol. The minimum atomic E-state index is -0.767. The van der Waals surface area contributed by atoms with Gasteiger partial charge in [0.15, 0.2) is 0 Å². The summed E-state index contributed by atoms with van der Waals surface area (Å²) in [7, 11) is 0. The van der Waals surface area contributed by atoms with Gasteiger partial charge in [0.25, 0.3) is 5.91 Å². The smallest absolute Gasteiger partial charge is 0.254 e. The van der Waals surface area contributed by atoms with Crippen LogP contribution in [0.25, 0.3) is 0 Å². The van der Waals surface area contributed by atoms with Crippen LogP contribution in [0.3, 0.4) is 0 Å². The summed E-state index contributed by atoms with van der Waals surface area (Å²) in [5.74, 6) is -0.933. The molecule has 100 valence electrons. The van der Waals surface area contributed by atoms with E-state index in [1.54, 1.807) is 13.8 Å². The first-order valence-corrected chi connectivity index (χ1v) is 5.67. The van der Waals surface area contributed by atoms with Crippen LogP contribution in [-0.2, 0) is 6.54 Å². The average molecular weight is 264 g/mol. The fourth-order valence-corrected chi connectivity index (χ4v) is 1.71. The van der Waals surface area contributed by atoms with Gasteiger partial charge in [-0.3, -0.25) is 4.79 Å². The van der Waals surface area contributed by atoms with Crippen LogP contribution in [0.15, 0.2) is 22.7 Å². The number of nitrogens with one attached hydrogen (secondary N) is 1. The Bertz CT molecular complexity index is 603. The molecule has 0 aliphatic rings. The van der Waals surface area contributed by atoms with Crippen molar-refractivity contribution in [3.05, 3.63) is 46.6 Å². The summed E-state index contributed by atoms with van der Waals surface area (Å²) < 4.78 is 18.4. The normalized spacial score (nSPS) is 10.5. The molecule has 2 N–H and O–H groups in total. The number of aromatic nitrogens is 1. The van der Waals surface area contributed by atoms with E-state index in [2.05, 4.69) is 10.5 Å². The van der Waals surface area contributed by atoms with Gasteiger partial charge in [-0.25, -0.2) is 4.39 Å². The number of amides is 1. The molecule has 2 rings (SSSR count). The van der Waals surface area contributed by atoms with Crippen LogP contribution < -0.4 is 5.32 Å². The van der Waals surface area contributed by atoms with Crippen LogP contribution in [0.1, 0.15) is 27.4 Å². The zero-order chi connectivity index (χ0) is 14.0. The molecule has 1 amide bonds. The standard InChI is InChI=1S/C13H13FN2O3/c1-7-11(8(2)19-16-7)6-15-13(18)10-4-3-9(17)5-12(10)14/h3-5,17H,6H2,1-2H3,(H,15,18). The van der Waals surface area contributed by atoms with Crippen molar-refractivity contribution in [3.63, 3.8) is 0 Å². The summed E-state index contributed by atoms with van der Waals surface area (Å²) in [5.41, 5.74) is 1.33. The largest absolute Gasteiger partial charge is 0.508 e. The summed E-state index contributed by atoms with van der Waals surface area (Å²) in [6.45, 7) is 3.71. The van der Waals surface area contributed by atoms with Gasteiger partial charge >= 0.3 is 0 Å². The summed E-state index contributed by atoms with van der Waals surface area (Å²) in [5, 5.41) is 15.4. The second-order valence-electron chi connectivity index (χ2n) is 4.15. The molecular formula is C13H13FN2O3. The molecule has 1 aromatic carbocycles. The third kappa shape index (κ3) is 2.73. The van der Waals surface area contributed by atoms with E-state index in [4.69, 9.17) is 9.63 Å². The minimum Gasteiger partial charge on any atom is -0.508 e. The molecule has 1 aromatic heterocycles. The van der Waals surface area contributed by atoms with E-state index in [0.717, 1.165) is 11.6 Å². The molecule has 0 atom stereocenters. The highest BCUT2D eigenvalue weighted by Gasteiger charge is 2.14. The van der Waals surface area contributed by atoms with Gasteiger partial charge in [0.1, 0.15) is 17.3 Å². The average Bonchev–Trinajstić information content (AvgIpc) is 2.66. The Labute approximate surface area is 109 Å². The second kappa shape index (κ2) is 5.09. The van der Waals surface area contributed by atoms with Gasteiger partial charge in [0, 0.05) is 18.2 Å². The van der Waals surface area contributed by atoms with Crippen LogP contribution in [0, 0.1) is 19.7 Å². The number of aryl methyl sites for hydroxylation is 2. The summed E-state index contributed by atoms with van der Waals surface area (Å²) in [6, 6.07) is 3.38. The summed E-state index contributed by atoms with van der Waals surface area (Å²) in [4.78, 5) is 11.8. The SMILES string of the molecule is Cc1noc(C)c1CNC(=O)c1ccc(O)cc1F. The Morgan fingerprint density at radius 2 is 2.21 bits per heavy atom. The number of phenols is 1. The number of aromatic hydroxyl groups is 1. The highest BCUT2D eigenvalue weighted by atomic mass is 19.1. The number of halogens is 1. The molecule has 0 radical (unpaired) electrons. The maximum absolute atomic E-state index is 13.5. The molecule has 0 bridgehead atoms. The van der Waals surface area contributed by atoms with Crippen LogP contribution in [0.5, 0.6) is 5.75 Å². The van der Waals surface area contributed by atoms with Gasteiger partial charge in [0.2, 0.25) is 0 Å². The molecule has 19 heavy (non-hydrogen) atoms. The predicted octanol–water partition coefficient (Wildman–Crippen LogP) is 2.07. The van der Waals surface area contributed by atoms with E-state index in [1.165, 1.54) is 12.1 Å². The molecule has 0 saturated heterocycles. The van der Waals surface area contributed by atoms with Crippen molar-refractivity contribution < 1.29 is 18.8 Å². The van der Waals surface area contributed by atoms with Crippen LogP contribution in [0.4, 0.5) is 4.39 Å². The number of rotatable bonds is 3. The lowest BCUT2D eigenvalue weighted by Gasteiger charge is -2.06. The molecule has 0 unspecified atom stereocenters. The third-order valence-corrected chi connectivity index (χ3v) is 2.80. The highest BCUT2D eigenvalue weighted by molar-refractivity contribution is 5.94. The maximum atomic E-state index is 13.5. The van der Waals surface area contributed by atoms with Crippen molar-refractivity contribution in [2.45, 2.75) is 20.4 Å². The Kier molecular flexibility index (Phi) is 3.50. The Balaban J connectivity index is 2.10. The fourth-order valence-electron chi connectivity index (χ4n) is 1.71. The highest BCUT2D eigenvalue weighted by Crippen LogP contribution is 2.16. The zero-order valence-corrected chi connectivity index (χ0v) is 10.5. The van der Waals surface area contributed by atoms with Gasteiger partial charge in [-0.15, -0.1) is 0 Å². The third-order valence-electron chi connectivity index (χ3n) is 2.80. The number of benzene rings is 1. The molecule has 0 aliphatic heterocycles. The molecule has 1 heterocycles.